The maximum Gasteiger partial charge on any atom is 0.164 e. The Bertz CT molecular complexity index is 623. The smallest absolute Gasteiger partial charge is 0.164 e. The third kappa shape index (κ3) is 11.3. The van der Waals surface area contributed by atoms with Gasteiger partial charge in [0.2, 0.25) is 0 Å². The van der Waals surface area contributed by atoms with Crippen LogP contribution in [0, 0.1) is 17.8 Å². The molecule has 5 unspecified atom stereocenters. The van der Waals surface area contributed by atoms with Crippen LogP contribution in [0.3, 0.4) is 0 Å². The largest absolute Gasteiger partial charge is 0.388 e. The Morgan fingerprint density at radius 2 is 1.49 bits per heavy atom. The van der Waals surface area contributed by atoms with Crippen molar-refractivity contribution in [3.63, 3.8) is 0 Å². The van der Waals surface area contributed by atoms with Gasteiger partial charge >= 0.3 is 0 Å². The van der Waals surface area contributed by atoms with Gasteiger partial charge < -0.3 is 28.8 Å². The van der Waals surface area contributed by atoms with E-state index in [1.165, 1.54) is 64.2 Å². The number of aliphatic hydroxyl groups excluding tert-OH is 1. The summed E-state index contributed by atoms with van der Waals surface area (Å²) >= 11 is 0. The van der Waals surface area contributed by atoms with Crippen molar-refractivity contribution < 1.29 is 28.8 Å². The van der Waals surface area contributed by atoms with E-state index in [4.69, 9.17) is 23.7 Å². The van der Waals surface area contributed by atoms with Gasteiger partial charge in [0, 0.05) is 13.0 Å². The molecule has 0 aromatic heterocycles. The second-order valence-corrected chi connectivity index (χ2v) is 11.9. The van der Waals surface area contributed by atoms with Gasteiger partial charge in [-0.25, -0.2) is 0 Å². The molecule has 2 aliphatic heterocycles. The molecule has 2 rings (SSSR count). The summed E-state index contributed by atoms with van der Waals surface area (Å²) in [5.41, 5.74) is 0. The molecule has 2 aliphatic rings. The summed E-state index contributed by atoms with van der Waals surface area (Å²) in [4.78, 5) is 0. The number of aliphatic hydroxyl groups is 1. The second-order valence-electron chi connectivity index (χ2n) is 11.9. The van der Waals surface area contributed by atoms with Gasteiger partial charge in [-0.2, -0.15) is 0 Å². The topological polar surface area (TPSA) is 66.4 Å². The average molecular weight is 527 g/mol. The summed E-state index contributed by atoms with van der Waals surface area (Å²) < 4.78 is 29.9. The third-order valence-electron chi connectivity index (χ3n) is 8.34. The Kier molecular flexibility index (Phi) is 15.2. The lowest BCUT2D eigenvalue weighted by Gasteiger charge is -2.43. The molecule has 0 radical (unpaired) electrons. The first-order valence-electron chi connectivity index (χ1n) is 15.2. The molecule has 0 spiro atoms. The zero-order valence-electron chi connectivity index (χ0n) is 25.0. The van der Waals surface area contributed by atoms with E-state index >= 15 is 0 Å². The maximum absolute atomic E-state index is 11.0. The van der Waals surface area contributed by atoms with Crippen LogP contribution in [0.2, 0.25) is 0 Å². The lowest BCUT2D eigenvalue weighted by molar-refractivity contribution is -0.264. The number of unbranched alkanes of at least 4 members (excludes halogenated alkanes) is 10. The van der Waals surface area contributed by atoms with Crippen molar-refractivity contribution in [2.75, 3.05) is 20.3 Å². The van der Waals surface area contributed by atoms with E-state index in [1.807, 2.05) is 13.8 Å². The van der Waals surface area contributed by atoms with E-state index in [9.17, 15) is 5.11 Å². The number of ether oxygens (including phenoxy) is 5. The highest BCUT2D eigenvalue weighted by Gasteiger charge is 2.45. The van der Waals surface area contributed by atoms with E-state index in [0.717, 1.165) is 6.42 Å². The van der Waals surface area contributed by atoms with Crippen LogP contribution in [0.4, 0.5) is 0 Å². The van der Waals surface area contributed by atoms with Gasteiger partial charge in [-0.05, 0) is 38.5 Å². The molecule has 2 fully saturated rings. The van der Waals surface area contributed by atoms with Crippen LogP contribution in [0.25, 0.3) is 0 Å². The highest BCUT2D eigenvalue weighted by molar-refractivity contribution is 5.00. The summed E-state index contributed by atoms with van der Waals surface area (Å²) in [6.45, 7) is 13.3. The lowest BCUT2D eigenvalue weighted by Crippen LogP contribution is -2.49. The summed E-state index contributed by atoms with van der Waals surface area (Å²) in [5.74, 6) is 0.309. The normalized spacial score (nSPS) is 32.8. The van der Waals surface area contributed by atoms with Gasteiger partial charge in [-0.1, -0.05) is 97.6 Å². The summed E-state index contributed by atoms with van der Waals surface area (Å²) in [7, 11) is 1.70. The predicted octanol–water partition coefficient (Wildman–Crippen LogP) is 7.03. The van der Waals surface area contributed by atoms with Gasteiger partial charge in [-0.15, -0.1) is 0 Å². The first-order valence-corrected chi connectivity index (χ1v) is 15.2. The molecule has 0 saturated carbocycles. The number of hydrogen-bond donors (Lipinski definition) is 1. The summed E-state index contributed by atoms with van der Waals surface area (Å²) in [6, 6.07) is 0. The SMILES string of the molecule is CCCCCCCCCCCC/C=C\[C@H]1OC(C)(C)O[C@H]1[C@@H](O)COC1OC(COC)C(C)C(C)C1C. The van der Waals surface area contributed by atoms with Crippen LogP contribution in [0.1, 0.15) is 112 Å². The molecule has 0 aromatic carbocycles. The first-order chi connectivity index (χ1) is 17.7. The molecule has 37 heavy (non-hydrogen) atoms. The molecular weight excluding hydrogens is 468 g/mol. The summed E-state index contributed by atoms with van der Waals surface area (Å²) in [5, 5.41) is 11.0. The molecule has 0 amide bonds. The highest BCUT2D eigenvalue weighted by atomic mass is 16.8. The fourth-order valence-electron chi connectivity index (χ4n) is 5.56. The predicted molar refractivity (Wildman–Crippen MR) is 149 cm³/mol. The number of rotatable bonds is 18. The first kappa shape index (κ1) is 32.7. The van der Waals surface area contributed by atoms with Crippen LogP contribution in [-0.4, -0.2) is 61.9 Å². The Hall–Kier alpha value is -0.500. The number of methoxy groups -OCH3 is 1. The number of hydrogen-bond acceptors (Lipinski definition) is 6. The summed E-state index contributed by atoms with van der Waals surface area (Å²) in [6.07, 6.45) is 16.7. The Labute approximate surface area is 227 Å². The quantitative estimate of drug-likeness (QED) is 0.153. The molecule has 2 heterocycles. The van der Waals surface area contributed by atoms with Crippen molar-refractivity contribution in [2.24, 2.45) is 17.8 Å². The van der Waals surface area contributed by atoms with Crippen LogP contribution in [-0.2, 0) is 23.7 Å². The maximum atomic E-state index is 11.0. The monoisotopic (exact) mass is 526 g/mol. The molecule has 218 valence electrons. The van der Waals surface area contributed by atoms with Crippen molar-refractivity contribution in [1.29, 1.82) is 0 Å². The standard InChI is InChI=1S/C31H58O6/c1-8-9-10-11-12-13-14-15-16-17-18-19-20-27-29(37-31(5,6)36-27)26(32)21-34-30-25(4)23(2)24(3)28(35-30)22-33-7/h19-20,23-30,32H,8-18,21-22H2,1-7H3/b20-19-/t23?,24?,25?,26-,27+,28?,29-,30?/m0/s1. The molecule has 2 saturated heterocycles. The molecule has 6 nitrogen and oxygen atoms in total. The van der Waals surface area contributed by atoms with Crippen LogP contribution >= 0.6 is 0 Å². The lowest BCUT2D eigenvalue weighted by atomic mass is 9.79. The van der Waals surface area contributed by atoms with Gasteiger partial charge in [0.25, 0.3) is 0 Å². The Morgan fingerprint density at radius 1 is 0.865 bits per heavy atom. The molecule has 6 heteroatoms. The fourth-order valence-corrected chi connectivity index (χ4v) is 5.56. The molecule has 0 bridgehead atoms. The molecular formula is C31H58O6. The minimum absolute atomic E-state index is 0.00943. The third-order valence-corrected chi connectivity index (χ3v) is 8.34. The minimum atomic E-state index is -0.805. The van der Waals surface area contributed by atoms with Crippen molar-refractivity contribution >= 4 is 0 Å². The average Bonchev–Trinajstić information content (AvgIpc) is 3.18. The van der Waals surface area contributed by atoms with E-state index in [2.05, 4.69) is 39.8 Å². The minimum Gasteiger partial charge on any atom is -0.388 e. The zero-order chi connectivity index (χ0) is 27.3. The fraction of sp³-hybridized carbons (Fsp3) is 0.935. The van der Waals surface area contributed by atoms with Crippen molar-refractivity contribution in [3.05, 3.63) is 12.2 Å². The van der Waals surface area contributed by atoms with E-state index in [-0.39, 0.29) is 31.0 Å². The van der Waals surface area contributed by atoms with Crippen molar-refractivity contribution in [3.8, 4) is 0 Å². The van der Waals surface area contributed by atoms with Crippen molar-refractivity contribution in [2.45, 2.75) is 149 Å². The van der Waals surface area contributed by atoms with Crippen molar-refractivity contribution in [1.82, 2.24) is 0 Å². The number of allylic oxidation sites excluding steroid dienone is 1. The molecule has 8 atom stereocenters. The zero-order valence-corrected chi connectivity index (χ0v) is 25.0. The molecule has 0 aliphatic carbocycles. The second kappa shape index (κ2) is 17.2. The van der Waals surface area contributed by atoms with E-state index < -0.39 is 18.0 Å². The van der Waals surface area contributed by atoms with E-state index in [1.54, 1.807) is 7.11 Å². The van der Waals surface area contributed by atoms with Gasteiger partial charge in [0.1, 0.15) is 18.3 Å². The van der Waals surface area contributed by atoms with Gasteiger partial charge in [0.15, 0.2) is 12.1 Å². The molecule has 1 N–H and O–H groups in total. The molecule has 0 aromatic rings. The van der Waals surface area contributed by atoms with Crippen LogP contribution in [0.5, 0.6) is 0 Å². The van der Waals surface area contributed by atoms with E-state index in [0.29, 0.717) is 18.4 Å². The van der Waals surface area contributed by atoms with Crippen LogP contribution in [0.15, 0.2) is 12.2 Å². The van der Waals surface area contributed by atoms with Crippen LogP contribution < -0.4 is 0 Å². The van der Waals surface area contributed by atoms with Gasteiger partial charge in [0.05, 0.1) is 19.3 Å². The highest BCUT2D eigenvalue weighted by Crippen LogP contribution is 2.36. The Morgan fingerprint density at radius 3 is 2.11 bits per heavy atom. The Balaban J connectivity index is 1.73. The van der Waals surface area contributed by atoms with Gasteiger partial charge in [-0.3, -0.25) is 0 Å².